The Hall–Kier alpha value is -0.900. The van der Waals surface area contributed by atoms with Gasteiger partial charge in [0, 0.05) is 19.0 Å². The first-order valence-corrected chi connectivity index (χ1v) is 7.42. The smallest absolute Gasteiger partial charge is 0.138 e. The van der Waals surface area contributed by atoms with Crippen molar-refractivity contribution < 1.29 is 0 Å². The fraction of sp³-hybridized carbons (Fsp3) is 0.867. The molecular formula is C15H28N4. The molecule has 0 radical (unpaired) electrons. The molecule has 1 heterocycles. The lowest BCUT2D eigenvalue weighted by molar-refractivity contribution is 0.210. The monoisotopic (exact) mass is 264 g/mol. The van der Waals surface area contributed by atoms with Crippen molar-refractivity contribution in [2.75, 3.05) is 0 Å². The minimum absolute atomic E-state index is 0.0964. The summed E-state index contributed by atoms with van der Waals surface area (Å²) in [4.78, 5) is 4.33. The van der Waals surface area contributed by atoms with E-state index in [2.05, 4.69) is 30.9 Å². The van der Waals surface area contributed by atoms with Crippen molar-refractivity contribution >= 4 is 0 Å². The zero-order chi connectivity index (χ0) is 14.1. The lowest BCUT2D eigenvalue weighted by Crippen LogP contribution is -2.42. The Morgan fingerprint density at radius 3 is 2.68 bits per heavy atom. The molecule has 1 aromatic heterocycles. The molecule has 0 amide bonds. The number of hydrogen-bond acceptors (Lipinski definition) is 3. The molecule has 2 unspecified atom stereocenters. The van der Waals surface area contributed by atoms with Crippen LogP contribution in [0.2, 0.25) is 0 Å². The molecule has 108 valence electrons. The van der Waals surface area contributed by atoms with Gasteiger partial charge in [-0.2, -0.15) is 5.10 Å². The predicted molar refractivity (Wildman–Crippen MR) is 77.7 cm³/mol. The van der Waals surface area contributed by atoms with E-state index in [-0.39, 0.29) is 5.54 Å². The van der Waals surface area contributed by atoms with Gasteiger partial charge in [-0.05, 0) is 37.0 Å². The summed E-state index contributed by atoms with van der Waals surface area (Å²) < 4.78 is 1.85. The summed E-state index contributed by atoms with van der Waals surface area (Å²) in [6, 6.07) is 0. The van der Waals surface area contributed by atoms with Crippen LogP contribution in [0.15, 0.2) is 6.33 Å². The van der Waals surface area contributed by atoms with Crippen molar-refractivity contribution in [3.05, 3.63) is 12.2 Å². The fourth-order valence-corrected chi connectivity index (χ4v) is 3.27. The van der Waals surface area contributed by atoms with E-state index >= 15 is 0 Å². The molecule has 0 spiro atoms. The van der Waals surface area contributed by atoms with Crippen LogP contribution in [0.5, 0.6) is 0 Å². The third kappa shape index (κ3) is 3.56. The van der Waals surface area contributed by atoms with Crippen molar-refractivity contribution in [2.24, 2.45) is 24.1 Å². The van der Waals surface area contributed by atoms with Crippen molar-refractivity contribution in [3.63, 3.8) is 0 Å². The van der Waals surface area contributed by atoms with Crippen LogP contribution in [0, 0.1) is 11.3 Å². The molecule has 1 saturated carbocycles. The minimum Gasteiger partial charge on any atom is -0.325 e. The third-order valence-corrected chi connectivity index (χ3v) is 4.76. The summed E-state index contributed by atoms with van der Waals surface area (Å²) in [5.41, 5.74) is 6.95. The molecule has 1 fully saturated rings. The van der Waals surface area contributed by atoms with Crippen LogP contribution in [0.25, 0.3) is 0 Å². The lowest BCUT2D eigenvalue weighted by Gasteiger charge is -2.31. The average molecular weight is 264 g/mol. The Bertz CT molecular complexity index is 418. The number of rotatable bonds is 2. The maximum atomic E-state index is 6.64. The van der Waals surface area contributed by atoms with Crippen molar-refractivity contribution in [3.8, 4) is 0 Å². The van der Waals surface area contributed by atoms with Gasteiger partial charge in [0.1, 0.15) is 12.2 Å². The van der Waals surface area contributed by atoms with Gasteiger partial charge in [0.15, 0.2) is 0 Å². The van der Waals surface area contributed by atoms with Crippen molar-refractivity contribution in [1.29, 1.82) is 0 Å². The first-order valence-electron chi connectivity index (χ1n) is 7.42. The quantitative estimate of drug-likeness (QED) is 0.836. The third-order valence-electron chi connectivity index (χ3n) is 4.76. The van der Waals surface area contributed by atoms with E-state index < -0.39 is 0 Å². The number of nitrogens with two attached hydrogens (primary N) is 1. The molecule has 2 atom stereocenters. The first-order chi connectivity index (χ1) is 8.80. The Balaban J connectivity index is 2.03. The topological polar surface area (TPSA) is 56.7 Å². The van der Waals surface area contributed by atoms with Gasteiger partial charge in [0.2, 0.25) is 0 Å². The lowest BCUT2D eigenvalue weighted by atomic mass is 9.76. The largest absolute Gasteiger partial charge is 0.325 e. The van der Waals surface area contributed by atoms with E-state index in [4.69, 9.17) is 5.73 Å². The summed E-state index contributed by atoms with van der Waals surface area (Å²) in [6.45, 7) is 7.05. The highest BCUT2D eigenvalue weighted by atomic mass is 15.3. The van der Waals surface area contributed by atoms with E-state index in [0.717, 1.165) is 31.0 Å². The van der Waals surface area contributed by atoms with Gasteiger partial charge < -0.3 is 5.73 Å². The van der Waals surface area contributed by atoms with E-state index in [0.29, 0.717) is 5.41 Å². The number of hydrogen-bond donors (Lipinski definition) is 1. The van der Waals surface area contributed by atoms with E-state index in [1.54, 1.807) is 6.33 Å². The van der Waals surface area contributed by atoms with Gasteiger partial charge >= 0.3 is 0 Å². The second-order valence-corrected chi connectivity index (χ2v) is 7.33. The van der Waals surface area contributed by atoms with E-state index in [1.165, 1.54) is 19.3 Å². The summed E-state index contributed by atoms with van der Waals surface area (Å²) in [6.07, 6.45) is 8.44. The zero-order valence-corrected chi connectivity index (χ0v) is 12.8. The maximum absolute atomic E-state index is 6.64. The molecule has 0 aliphatic heterocycles. The molecule has 0 bridgehead atoms. The highest BCUT2D eigenvalue weighted by Gasteiger charge is 2.34. The zero-order valence-electron chi connectivity index (χ0n) is 12.8. The normalized spacial score (nSPS) is 29.2. The summed E-state index contributed by atoms with van der Waals surface area (Å²) >= 11 is 0. The Morgan fingerprint density at radius 1 is 1.37 bits per heavy atom. The molecule has 19 heavy (non-hydrogen) atoms. The molecule has 2 rings (SSSR count). The van der Waals surface area contributed by atoms with Gasteiger partial charge in [-0.15, -0.1) is 0 Å². The fourth-order valence-electron chi connectivity index (χ4n) is 3.27. The van der Waals surface area contributed by atoms with Gasteiger partial charge in [0.25, 0.3) is 0 Å². The van der Waals surface area contributed by atoms with Crippen LogP contribution in [-0.2, 0) is 13.5 Å². The van der Waals surface area contributed by atoms with E-state index in [9.17, 15) is 0 Å². The van der Waals surface area contributed by atoms with Gasteiger partial charge in [-0.3, -0.25) is 4.68 Å². The molecule has 4 nitrogen and oxygen atoms in total. The summed E-state index contributed by atoms with van der Waals surface area (Å²) in [5, 5.41) is 4.14. The van der Waals surface area contributed by atoms with Crippen LogP contribution < -0.4 is 5.73 Å². The molecule has 0 saturated heterocycles. The molecule has 1 aromatic rings. The second-order valence-electron chi connectivity index (χ2n) is 7.33. The highest BCUT2D eigenvalue weighted by molar-refractivity contribution is 4.99. The Kier molecular flexibility index (Phi) is 4.00. The van der Waals surface area contributed by atoms with Crippen LogP contribution >= 0.6 is 0 Å². The number of nitrogens with zero attached hydrogens (tertiary/aromatic N) is 3. The van der Waals surface area contributed by atoms with Gasteiger partial charge in [0.05, 0.1) is 0 Å². The van der Waals surface area contributed by atoms with Crippen LogP contribution in [0.3, 0.4) is 0 Å². The van der Waals surface area contributed by atoms with Crippen molar-refractivity contribution in [1.82, 2.24) is 14.8 Å². The SMILES string of the molecule is Cn1ncnc1CC1(N)CCCC(C(C)(C)C)CC1. The highest BCUT2D eigenvalue weighted by Crippen LogP contribution is 2.39. The molecule has 2 N–H and O–H groups in total. The van der Waals surface area contributed by atoms with Crippen LogP contribution in [0.1, 0.15) is 58.7 Å². The summed E-state index contributed by atoms with van der Waals surface area (Å²) in [5.74, 6) is 1.80. The number of aromatic nitrogens is 3. The number of aryl methyl sites for hydroxylation is 1. The first kappa shape index (κ1) is 14.5. The molecule has 1 aliphatic carbocycles. The van der Waals surface area contributed by atoms with Crippen LogP contribution in [0.4, 0.5) is 0 Å². The predicted octanol–water partition coefficient (Wildman–Crippen LogP) is 2.68. The minimum atomic E-state index is -0.0964. The van der Waals surface area contributed by atoms with E-state index in [1.807, 2.05) is 11.7 Å². The Labute approximate surface area is 116 Å². The maximum Gasteiger partial charge on any atom is 0.138 e. The van der Waals surface area contributed by atoms with Crippen molar-refractivity contribution in [2.45, 2.75) is 64.8 Å². The second kappa shape index (κ2) is 5.23. The van der Waals surface area contributed by atoms with Gasteiger partial charge in [-0.1, -0.05) is 27.2 Å². The molecule has 4 heteroatoms. The summed E-state index contributed by atoms with van der Waals surface area (Å²) in [7, 11) is 1.94. The molecular weight excluding hydrogens is 236 g/mol. The molecule has 1 aliphatic rings. The molecule has 0 aromatic carbocycles. The standard InChI is InChI=1S/C15H28N4/c1-14(2,3)12-6-5-8-15(16,9-7-12)10-13-17-11-18-19(13)4/h11-12H,5-10,16H2,1-4H3. The Morgan fingerprint density at radius 2 is 2.11 bits per heavy atom. The van der Waals surface area contributed by atoms with Crippen LogP contribution in [-0.4, -0.2) is 20.3 Å². The van der Waals surface area contributed by atoms with Gasteiger partial charge in [-0.25, -0.2) is 4.98 Å². The average Bonchev–Trinajstić information content (AvgIpc) is 2.58.